The summed E-state index contributed by atoms with van der Waals surface area (Å²) in [4.78, 5) is 11.0. The molecule has 0 radical (unpaired) electrons. The average Bonchev–Trinajstić information content (AvgIpc) is 0.804. The second-order valence-electron chi connectivity index (χ2n) is 29.8. The van der Waals surface area contributed by atoms with E-state index < -0.39 is 102 Å². The molecular formula is C79H214O21SSi12. The molecule has 113 heavy (non-hydrogen) atoms. The first kappa shape index (κ1) is 165. The summed E-state index contributed by atoms with van der Waals surface area (Å²) in [5.41, 5.74) is 1.19. The lowest BCUT2D eigenvalue weighted by Gasteiger charge is -2.44. The highest BCUT2D eigenvalue weighted by Crippen LogP contribution is 2.31. The SMILES string of the molecule is C.C.C.C.C.C.C.C.C.C.C.C.C.C.CCC(O)COC[Si](C)(C)OC.CCOC(=O)C(C)CSCC.CCOCC.CCOCC(O)CC.CC[Si](C)(C)OC.CCc1ccccc1OCC(O)CC.CO[Si](C)(C)O[Si](C)(C)O[Si](C)(C)O[Si](C)(C)O[Si](C)(C)O[Si](C)(C)O[Si](C)(C)O[Si](C)(C)O[Si](C)(C)O[Si](C)(C)C. The van der Waals surface area contributed by atoms with Gasteiger partial charge in [-0.15, -0.1) is 0 Å². The van der Waals surface area contributed by atoms with Crippen LogP contribution in [0.1, 0.15) is 205 Å². The second-order valence-corrected chi connectivity index (χ2v) is 77.2. The number of aliphatic hydroxyl groups excluding tert-OH is 3. The first-order valence-electron chi connectivity index (χ1n) is 36.0. The van der Waals surface area contributed by atoms with E-state index in [1.54, 1.807) is 33.1 Å². The number of hydrogen-bond acceptors (Lipinski definition) is 22. The lowest BCUT2D eigenvalue weighted by Crippen LogP contribution is -2.62. The number of thioether (sulfide) groups is 1. The number of carbonyl (C=O) groups is 1. The number of para-hydroxylation sites is 1. The van der Waals surface area contributed by atoms with Crippen LogP contribution in [0.2, 0.25) is 170 Å². The molecule has 0 spiro atoms. The highest BCUT2D eigenvalue weighted by Gasteiger charge is 2.50. The molecular weight excluding hydrogens is 1650 g/mol. The predicted octanol–water partition coefficient (Wildman–Crippen LogP) is 26.0. The number of aryl methyl sites for hydroxylation is 1. The molecule has 0 fully saturated rings. The van der Waals surface area contributed by atoms with E-state index in [2.05, 4.69) is 158 Å². The largest absolute Gasteiger partial charge is 0.491 e. The van der Waals surface area contributed by atoms with E-state index in [0.717, 1.165) is 56.2 Å². The molecule has 0 aromatic heterocycles. The Hall–Kier alpha value is 0.723. The molecule has 4 unspecified atom stereocenters. The van der Waals surface area contributed by atoms with Gasteiger partial charge in [0.05, 0.1) is 50.3 Å². The van der Waals surface area contributed by atoms with Gasteiger partial charge in [0, 0.05) is 46.9 Å². The number of hydrogen-bond donors (Lipinski definition) is 3. The van der Waals surface area contributed by atoms with E-state index in [1.807, 2.05) is 106 Å². The molecule has 0 aliphatic rings. The summed E-state index contributed by atoms with van der Waals surface area (Å²) in [7, 11) is -22.0. The number of esters is 1. The number of ether oxygens (including phenoxy) is 5. The maximum absolute atomic E-state index is 11.0. The minimum absolute atomic E-state index is 0. The lowest BCUT2D eigenvalue weighted by atomic mass is 10.1. The zero-order chi connectivity index (χ0) is 79.2. The maximum Gasteiger partial charge on any atom is 0.322 e. The van der Waals surface area contributed by atoms with Crippen LogP contribution in [0, 0.1) is 5.92 Å². The summed E-state index contributed by atoms with van der Waals surface area (Å²) in [5, 5.41) is 27.4. The molecule has 710 valence electrons. The first-order chi connectivity index (χ1) is 44.8. The molecule has 0 saturated carbocycles. The normalized spacial score (nSPS) is 12.3. The van der Waals surface area contributed by atoms with E-state index in [-0.39, 0.29) is 134 Å². The van der Waals surface area contributed by atoms with Gasteiger partial charge in [0.1, 0.15) is 12.4 Å². The molecule has 0 heterocycles. The molecule has 0 saturated heterocycles. The Kier molecular flexibility index (Phi) is 120. The molecule has 1 aromatic carbocycles. The van der Waals surface area contributed by atoms with Gasteiger partial charge in [-0.2, -0.15) is 11.8 Å². The molecule has 3 N–H and O–H groups in total. The lowest BCUT2D eigenvalue weighted by molar-refractivity contribution is -0.146. The van der Waals surface area contributed by atoms with E-state index in [9.17, 15) is 15.0 Å². The van der Waals surface area contributed by atoms with Crippen molar-refractivity contribution in [3.8, 4) is 5.75 Å². The van der Waals surface area contributed by atoms with Crippen molar-refractivity contribution in [2.75, 3.05) is 85.3 Å². The third kappa shape index (κ3) is 105. The Morgan fingerprint density at radius 1 is 0.372 bits per heavy atom. The number of aliphatic hydroxyl groups is 3. The summed E-state index contributed by atoms with van der Waals surface area (Å²) in [6.07, 6.45) is 2.91. The third-order valence-corrected chi connectivity index (χ3v) is 55.9. The molecule has 4 atom stereocenters. The summed E-state index contributed by atoms with van der Waals surface area (Å²) < 4.78 is 101. The van der Waals surface area contributed by atoms with Gasteiger partial charge >= 0.3 is 83.0 Å². The Bertz CT molecular complexity index is 2130. The van der Waals surface area contributed by atoms with Crippen LogP contribution < -0.4 is 4.74 Å². The Balaban J connectivity index is -0.0000000561. The molecule has 1 aromatic rings. The van der Waals surface area contributed by atoms with Gasteiger partial charge in [-0.3, -0.25) is 4.79 Å². The van der Waals surface area contributed by atoms with Crippen LogP contribution in [0.4, 0.5) is 0 Å². The fourth-order valence-corrected chi connectivity index (χ4v) is 59.1. The van der Waals surface area contributed by atoms with Crippen molar-refractivity contribution < 1.29 is 94.1 Å². The average molecular weight is 1870 g/mol. The van der Waals surface area contributed by atoms with Gasteiger partial charge < -0.3 is 89.3 Å². The van der Waals surface area contributed by atoms with Crippen molar-refractivity contribution in [3.05, 3.63) is 29.8 Å². The predicted molar refractivity (Wildman–Crippen MR) is 540 cm³/mol. The summed E-state index contributed by atoms with van der Waals surface area (Å²) in [6.45, 7) is 78.3. The van der Waals surface area contributed by atoms with Crippen LogP contribution in [0.25, 0.3) is 0 Å². The van der Waals surface area contributed by atoms with Crippen molar-refractivity contribution in [2.45, 2.75) is 394 Å². The van der Waals surface area contributed by atoms with E-state index in [0.29, 0.717) is 39.3 Å². The van der Waals surface area contributed by atoms with Crippen molar-refractivity contribution in [2.24, 2.45) is 5.92 Å². The topological polar surface area (TPSA) is 235 Å². The van der Waals surface area contributed by atoms with Crippen LogP contribution in [0.5, 0.6) is 5.75 Å². The maximum atomic E-state index is 11.0. The van der Waals surface area contributed by atoms with Crippen molar-refractivity contribution in [3.63, 3.8) is 0 Å². The van der Waals surface area contributed by atoms with E-state index in [1.165, 1.54) is 11.6 Å². The van der Waals surface area contributed by atoms with Gasteiger partial charge in [-0.25, -0.2) is 0 Å². The van der Waals surface area contributed by atoms with Crippen LogP contribution in [0.15, 0.2) is 24.3 Å². The monoisotopic (exact) mass is 1870 g/mol. The van der Waals surface area contributed by atoms with Gasteiger partial charge in [0.15, 0.2) is 16.6 Å². The quantitative estimate of drug-likeness (QED) is 0.0407. The number of benzene rings is 1. The minimum atomic E-state index is -2.65. The molecule has 0 amide bonds. The van der Waals surface area contributed by atoms with Crippen molar-refractivity contribution in [1.82, 2.24) is 0 Å². The van der Waals surface area contributed by atoms with Gasteiger partial charge in [-0.05, 0) is 240 Å². The standard InChI is InChI=1S/C22H66O10Si10.C12H18O2.C8H20O3Si.C8H16O2S.C6H14O2.C5H14OSi.C4H10O.14CH4/c1-23-34(5,6)25-36(9,10)27-38(13,14)29-40(17,18)31-42(21,22)32-41(19,20)30-39(15,16)28-37(11,12)26-35(7,8)24-33(2,3)4;1-3-10-7-5-6-8-12(10)14-9-11(13)4-2;1-5-8(9)6-11-7-12(3,4)10-2;1-4-10-8(9)7(3)6-11-5-2;1-3-6(7)5-8-4-2;1-5-7(3,4)6-2;1-3-5-4-2;;;;;;;;;;;;;;/h1-22H3;5-8,11,13H,3-4,9H2,1-2H3;8-9H,5-7H2,1-4H3;7H,4-6H2,1-3H3;6-7H,3-5H2,1-2H3;5H2,1-4H3;3-4H2,1-2H3;14*1H4. The number of carbonyl (C=O) groups excluding carboxylic acids is 1. The Morgan fingerprint density at radius 2 is 0.664 bits per heavy atom. The number of rotatable bonds is 43. The van der Waals surface area contributed by atoms with Crippen LogP contribution in [-0.4, -0.2) is 227 Å². The minimum Gasteiger partial charge on any atom is -0.491 e. The molecule has 34 heteroatoms. The molecule has 0 bridgehead atoms. The fourth-order valence-electron chi connectivity index (χ4n) is 8.91. The van der Waals surface area contributed by atoms with Crippen LogP contribution >= 0.6 is 11.8 Å². The van der Waals surface area contributed by atoms with E-state index in [4.69, 9.17) is 79.1 Å². The first-order valence-corrected chi connectivity index (χ1v) is 72.1. The summed E-state index contributed by atoms with van der Waals surface area (Å²) in [5.74, 6) is 2.79. The van der Waals surface area contributed by atoms with Crippen LogP contribution in [-0.2, 0) is 80.5 Å². The molecule has 0 aliphatic carbocycles. The zero-order valence-electron chi connectivity index (χ0n) is 70.8. The Morgan fingerprint density at radius 3 is 0.903 bits per heavy atom. The smallest absolute Gasteiger partial charge is 0.322 e. The van der Waals surface area contributed by atoms with Crippen molar-refractivity contribution >= 4 is 120 Å². The third-order valence-electron chi connectivity index (χ3n) is 13.1. The van der Waals surface area contributed by atoms with Crippen LogP contribution in [0.3, 0.4) is 0 Å². The van der Waals surface area contributed by atoms with Gasteiger partial charge in [0.2, 0.25) is 8.32 Å². The second kappa shape index (κ2) is 82.3. The fraction of sp³-hybridized carbons (Fsp3) is 0.911. The Labute approximate surface area is 729 Å². The molecule has 21 nitrogen and oxygen atoms in total. The van der Waals surface area contributed by atoms with Gasteiger partial charge in [0.25, 0.3) is 0 Å². The zero-order valence-corrected chi connectivity index (χ0v) is 83.6. The summed E-state index contributed by atoms with van der Waals surface area (Å²) in [6, 6.07) is 9.16. The highest BCUT2D eigenvalue weighted by atomic mass is 32.2. The highest BCUT2D eigenvalue weighted by molar-refractivity contribution is 7.99. The molecule has 1 rings (SSSR count). The van der Waals surface area contributed by atoms with E-state index >= 15 is 0 Å². The summed E-state index contributed by atoms with van der Waals surface area (Å²) >= 11 is 1.77. The van der Waals surface area contributed by atoms with Gasteiger partial charge in [-0.1, -0.05) is 171 Å². The van der Waals surface area contributed by atoms with Crippen molar-refractivity contribution in [1.29, 1.82) is 0 Å². The molecule has 0 aliphatic heterocycles.